The lowest BCUT2D eigenvalue weighted by Gasteiger charge is -2.32. The van der Waals surface area contributed by atoms with Crippen LogP contribution in [0.4, 0.5) is 0 Å². The summed E-state index contributed by atoms with van der Waals surface area (Å²) in [7, 11) is -2.58. The molecule has 0 amide bonds. The predicted octanol–water partition coefficient (Wildman–Crippen LogP) is 4.47. The summed E-state index contributed by atoms with van der Waals surface area (Å²) in [6.07, 6.45) is 0. The minimum atomic E-state index is -3.89. The molecule has 1 aliphatic heterocycles. The number of hydrogen-bond donors (Lipinski definition) is 0. The number of methoxy groups -OCH3 is 1. The van der Waals surface area contributed by atoms with Crippen LogP contribution in [-0.2, 0) is 26.1 Å². The van der Waals surface area contributed by atoms with E-state index in [-0.39, 0.29) is 18.0 Å². The van der Waals surface area contributed by atoms with Gasteiger partial charge >= 0.3 is 5.97 Å². The van der Waals surface area contributed by atoms with Crippen LogP contribution in [0.15, 0.2) is 77.7 Å². The lowest BCUT2D eigenvalue weighted by molar-refractivity contribution is -0.142. The number of carbonyl (C=O) groups excluding carboxylic acids is 1. The van der Waals surface area contributed by atoms with Crippen molar-refractivity contribution in [1.82, 2.24) is 4.31 Å². The highest BCUT2D eigenvalue weighted by Crippen LogP contribution is 2.34. The van der Waals surface area contributed by atoms with Crippen molar-refractivity contribution in [3.05, 3.63) is 88.9 Å². The molecule has 0 bridgehead atoms. The van der Waals surface area contributed by atoms with Crippen molar-refractivity contribution < 1.29 is 17.9 Å². The molecule has 7 heteroatoms. The van der Waals surface area contributed by atoms with Gasteiger partial charge in [-0.3, -0.25) is 4.79 Å². The van der Waals surface area contributed by atoms with Gasteiger partial charge < -0.3 is 4.74 Å². The van der Waals surface area contributed by atoms with Crippen LogP contribution in [0.25, 0.3) is 11.1 Å². The van der Waals surface area contributed by atoms with Gasteiger partial charge in [0.2, 0.25) is 10.0 Å². The van der Waals surface area contributed by atoms with Crippen molar-refractivity contribution >= 4 is 27.6 Å². The van der Waals surface area contributed by atoms with E-state index in [1.807, 2.05) is 54.6 Å². The van der Waals surface area contributed by atoms with Gasteiger partial charge in [0.1, 0.15) is 0 Å². The average Bonchev–Trinajstić information content (AvgIpc) is 2.78. The molecular formula is C23H20ClNO4S. The molecule has 0 aromatic heterocycles. The fourth-order valence-electron chi connectivity index (χ4n) is 3.76. The predicted molar refractivity (Wildman–Crippen MR) is 116 cm³/mol. The summed E-state index contributed by atoms with van der Waals surface area (Å²) >= 11 is 6.27. The molecule has 0 saturated carbocycles. The molecule has 0 radical (unpaired) electrons. The van der Waals surface area contributed by atoms with Crippen molar-refractivity contribution in [1.29, 1.82) is 0 Å². The molecule has 0 spiro atoms. The second-order valence-corrected chi connectivity index (χ2v) is 9.49. The summed E-state index contributed by atoms with van der Waals surface area (Å²) in [6.45, 7) is 0.193. The molecular weight excluding hydrogens is 422 g/mol. The highest BCUT2D eigenvalue weighted by molar-refractivity contribution is 7.89. The average molecular weight is 442 g/mol. The normalized spacial score (nSPS) is 16.7. The molecule has 4 rings (SSSR count). The Balaban J connectivity index is 1.76. The number of rotatable bonds is 4. The number of carbonyl (C=O) groups is 1. The molecule has 154 valence electrons. The second kappa shape index (κ2) is 8.22. The first-order chi connectivity index (χ1) is 14.4. The van der Waals surface area contributed by atoms with E-state index in [1.54, 1.807) is 12.1 Å². The summed E-state index contributed by atoms with van der Waals surface area (Å²) in [4.78, 5) is 12.5. The summed E-state index contributed by atoms with van der Waals surface area (Å²) in [5, 5.41) is 0.330. The van der Waals surface area contributed by atoms with Gasteiger partial charge in [-0.05, 0) is 40.5 Å². The maximum absolute atomic E-state index is 13.5. The molecule has 5 nitrogen and oxygen atoms in total. The van der Waals surface area contributed by atoms with Gasteiger partial charge in [-0.2, -0.15) is 4.31 Å². The van der Waals surface area contributed by atoms with Crippen LogP contribution < -0.4 is 0 Å². The highest BCUT2D eigenvalue weighted by atomic mass is 35.5. The first kappa shape index (κ1) is 20.6. The van der Waals surface area contributed by atoms with Gasteiger partial charge in [-0.15, -0.1) is 0 Å². The Morgan fingerprint density at radius 1 is 1.00 bits per heavy atom. The molecule has 0 fully saturated rings. The third-order valence-corrected chi connectivity index (χ3v) is 7.27. The van der Waals surface area contributed by atoms with Gasteiger partial charge in [-0.25, -0.2) is 8.42 Å². The van der Waals surface area contributed by atoms with Crippen LogP contribution in [0.3, 0.4) is 0 Å². The number of ether oxygens (including phenoxy) is 1. The van der Waals surface area contributed by atoms with E-state index in [9.17, 15) is 13.2 Å². The standard InChI is InChI=1S/C23H20ClNO4S/c1-29-23(26)22-15-25(14-17-9-5-6-10-21(17)22)30(27,28)20-12-18(11-19(24)13-20)16-7-3-2-4-8-16/h2-13,22H,14-15H2,1H3. The number of halogens is 1. The first-order valence-corrected chi connectivity index (χ1v) is 11.2. The van der Waals surface area contributed by atoms with Gasteiger partial charge in [0.15, 0.2) is 0 Å². The zero-order chi connectivity index (χ0) is 21.3. The molecule has 1 aliphatic rings. The van der Waals surface area contributed by atoms with Crippen LogP contribution in [-0.4, -0.2) is 32.3 Å². The smallest absolute Gasteiger partial charge is 0.314 e. The summed E-state index contributed by atoms with van der Waals surface area (Å²) in [6, 6.07) is 21.6. The second-order valence-electron chi connectivity index (χ2n) is 7.11. The lowest BCUT2D eigenvalue weighted by Crippen LogP contribution is -2.40. The Morgan fingerprint density at radius 3 is 2.43 bits per heavy atom. The largest absolute Gasteiger partial charge is 0.469 e. The Hall–Kier alpha value is -2.67. The van der Waals surface area contributed by atoms with Crippen LogP contribution in [0.1, 0.15) is 17.0 Å². The van der Waals surface area contributed by atoms with E-state index >= 15 is 0 Å². The van der Waals surface area contributed by atoms with E-state index in [1.165, 1.54) is 17.5 Å². The number of fused-ring (bicyclic) bond motifs is 1. The Labute approximate surface area is 180 Å². The monoisotopic (exact) mass is 441 g/mol. The molecule has 3 aromatic rings. The van der Waals surface area contributed by atoms with E-state index in [0.717, 1.165) is 16.7 Å². The quantitative estimate of drug-likeness (QED) is 0.560. The minimum Gasteiger partial charge on any atom is -0.469 e. The molecule has 0 saturated heterocycles. The lowest BCUT2D eigenvalue weighted by atomic mass is 9.91. The number of benzene rings is 3. The number of esters is 1. The fourth-order valence-corrected chi connectivity index (χ4v) is 5.56. The highest BCUT2D eigenvalue weighted by Gasteiger charge is 2.37. The topological polar surface area (TPSA) is 63.7 Å². The Morgan fingerprint density at radius 2 is 1.70 bits per heavy atom. The van der Waals surface area contributed by atoms with E-state index in [4.69, 9.17) is 16.3 Å². The number of hydrogen-bond acceptors (Lipinski definition) is 4. The molecule has 0 N–H and O–H groups in total. The number of sulfonamides is 1. The summed E-state index contributed by atoms with van der Waals surface area (Å²) in [5.41, 5.74) is 3.16. The van der Waals surface area contributed by atoms with E-state index in [2.05, 4.69) is 0 Å². The van der Waals surface area contributed by atoms with Crippen molar-refractivity contribution in [2.24, 2.45) is 0 Å². The van der Waals surface area contributed by atoms with E-state index < -0.39 is 21.9 Å². The van der Waals surface area contributed by atoms with Crippen molar-refractivity contribution in [2.45, 2.75) is 17.4 Å². The van der Waals surface area contributed by atoms with Crippen molar-refractivity contribution in [3.8, 4) is 11.1 Å². The van der Waals surface area contributed by atoms with Gasteiger partial charge in [-0.1, -0.05) is 66.2 Å². The molecule has 30 heavy (non-hydrogen) atoms. The molecule has 1 unspecified atom stereocenters. The molecule has 1 atom stereocenters. The molecule has 1 heterocycles. The van der Waals surface area contributed by atoms with Gasteiger partial charge in [0, 0.05) is 18.1 Å². The summed E-state index contributed by atoms with van der Waals surface area (Å²) < 4.78 is 33.3. The minimum absolute atomic E-state index is 0.0131. The van der Waals surface area contributed by atoms with Crippen LogP contribution in [0.2, 0.25) is 5.02 Å². The molecule has 0 aliphatic carbocycles. The third-order valence-electron chi connectivity index (χ3n) is 5.27. The van der Waals surface area contributed by atoms with E-state index in [0.29, 0.717) is 10.6 Å². The van der Waals surface area contributed by atoms with Gasteiger partial charge in [0.05, 0.1) is 17.9 Å². The number of nitrogens with zero attached hydrogens (tertiary/aromatic N) is 1. The SMILES string of the molecule is COC(=O)C1CN(S(=O)(=O)c2cc(Cl)cc(-c3ccccc3)c2)Cc2ccccc21. The first-order valence-electron chi connectivity index (χ1n) is 9.42. The van der Waals surface area contributed by atoms with Crippen LogP contribution in [0.5, 0.6) is 0 Å². The Kier molecular flexibility index (Phi) is 5.64. The van der Waals surface area contributed by atoms with Gasteiger partial charge in [0.25, 0.3) is 0 Å². The maximum atomic E-state index is 13.5. The van der Waals surface area contributed by atoms with Crippen LogP contribution in [0, 0.1) is 0 Å². The third kappa shape index (κ3) is 3.86. The van der Waals surface area contributed by atoms with Crippen molar-refractivity contribution in [2.75, 3.05) is 13.7 Å². The Bertz CT molecular complexity index is 1190. The summed E-state index contributed by atoms with van der Waals surface area (Å²) in [5.74, 6) is -1.14. The molecule has 3 aromatic carbocycles. The van der Waals surface area contributed by atoms with Crippen molar-refractivity contribution in [3.63, 3.8) is 0 Å². The fraction of sp³-hybridized carbons (Fsp3) is 0.174. The zero-order valence-corrected chi connectivity index (χ0v) is 17.9. The zero-order valence-electron chi connectivity index (χ0n) is 16.3. The van der Waals surface area contributed by atoms with Crippen LogP contribution >= 0.6 is 11.6 Å². The maximum Gasteiger partial charge on any atom is 0.314 e.